The van der Waals surface area contributed by atoms with Gasteiger partial charge in [-0.1, -0.05) is 12.1 Å². The Labute approximate surface area is 152 Å². The monoisotopic (exact) mass is 341 g/mol. The molecule has 2 aromatic carbocycles. The van der Waals surface area contributed by atoms with Crippen LogP contribution in [0.25, 0.3) is 32.7 Å². The van der Waals surface area contributed by atoms with Crippen LogP contribution in [-0.2, 0) is 7.05 Å². The molecular weight excluding hydrogens is 322 g/mol. The number of nitrogens with zero attached hydrogens (tertiary/aromatic N) is 3. The number of para-hydroxylation sites is 1. The Morgan fingerprint density at radius 3 is 2.54 bits per heavy atom. The molecule has 2 aromatic heterocycles. The Morgan fingerprint density at radius 1 is 1.00 bits per heavy atom. The summed E-state index contributed by atoms with van der Waals surface area (Å²) in [5.74, 6) is 0. The molecule has 0 N–H and O–H groups in total. The minimum Gasteiger partial charge on any atom is -0.244 e. The molecule has 0 aliphatic heterocycles. The molecular formula is C22H19N3O+2. The van der Waals surface area contributed by atoms with E-state index in [0.29, 0.717) is 5.69 Å². The van der Waals surface area contributed by atoms with E-state index in [1.807, 2.05) is 37.4 Å². The fourth-order valence-corrected chi connectivity index (χ4v) is 3.48. The molecule has 26 heavy (non-hydrogen) atoms. The van der Waals surface area contributed by atoms with Crippen molar-refractivity contribution in [3.05, 3.63) is 83.5 Å². The van der Waals surface area contributed by atoms with Crippen LogP contribution in [0.5, 0.6) is 0 Å². The molecule has 0 unspecified atom stereocenters. The highest BCUT2D eigenvalue weighted by atomic mass is 16.5. The van der Waals surface area contributed by atoms with E-state index in [-0.39, 0.29) is 0 Å². The largest absolute Gasteiger partial charge is 0.260 e. The molecule has 0 radical (unpaired) electrons. The standard InChI is InChI=1S/C22H19N3O/c1-15-9-10-17-7-5-6-8-20(17)25(15)22-14-18(23-3)13-19(16(22)2)21-11-12-26-24(21)4/h5-14H,1-2,4H3/q+2. The number of benzene rings is 2. The Balaban J connectivity index is 2.10. The lowest BCUT2D eigenvalue weighted by Gasteiger charge is -2.09. The zero-order valence-electron chi connectivity index (χ0n) is 15.0. The van der Waals surface area contributed by atoms with Crippen molar-refractivity contribution >= 4 is 16.6 Å². The van der Waals surface area contributed by atoms with Gasteiger partial charge in [0.05, 0.1) is 12.6 Å². The van der Waals surface area contributed by atoms with Gasteiger partial charge in [0.25, 0.3) is 5.69 Å². The normalized spacial score (nSPS) is 10.8. The summed E-state index contributed by atoms with van der Waals surface area (Å²) >= 11 is 0. The number of pyridine rings is 1. The van der Waals surface area contributed by atoms with E-state index < -0.39 is 0 Å². The van der Waals surface area contributed by atoms with Gasteiger partial charge in [-0.25, -0.2) is 9.37 Å². The molecule has 0 aliphatic rings. The molecule has 4 heteroatoms. The third kappa shape index (κ3) is 2.46. The molecule has 126 valence electrons. The average Bonchev–Trinajstić information content (AvgIpc) is 3.08. The number of fused-ring (bicyclic) bond motifs is 1. The summed E-state index contributed by atoms with van der Waals surface area (Å²) in [5, 5.41) is 1.17. The van der Waals surface area contributed by atoms with Crippen LogP contribution in [-0.4, -0.2) is 0 Å². The Bertz CT molecular complexity index is 1180. The van der Waals surface area contributed by atoms with E-state index in [2.05, 4.69) is 47.5 Å². The highest BCUT2D eigenvalue weighted by molar-refractivity contribution is 5.77. The number of aromatic nitrogens is 2. The molecule has 4 rings (SSSR count). The first kappa shape index (κ1) is 16.0. The lowest BCUT2D eigenvalue weighted by Crippen LogP contribution is -2.36. The van der Waals surface area contributed by atoms with Crippen molar-refractivity contribution in [1.29, 1.82) is 0 Å². The lowest BCUT2D eigenvalue weighted by atomic mass is 10.0. The molecule has 2 heterocycles. The summed E-state index contributed by atoms with van der Waals surface area (Å²) < 4.78 is 9.37. The molecule has 0 atom stereocenters. The van der Waals surface area contributed by atoms with Gasteiger partial charge in [0.15, 0.2) is 24.7 Å². The molecule has 4 aromatic rings. The topological polar surface area (TPSA) is 25.3 Å². The highest BCUT2D eigenvalue weighted by Gasteiger charge is 2.25. The van der Waals surface area contributed by atoms with Gasteiger partial charge in [-0.2, -0.15) is 4.57 Å². The predicted octanol–water partition coefficient (Wildman–Crippen LogP) is 4.37. The summed E-state index contributed by atoms with van der Waals surface area (Å²) in [4.78, 5) is 3.70. The summed E-state index contributed by atoms with van der Waals surface area (Å²) in [6.45, 7) is 11.7. The van der Waals surface area contributed by atoms with Gasteiger partial charge >= 0.3 is 0 Å². The fraction of sp³-hybridized carbons (Fsp3) is 0.136. The van der Waals surface area contributed by atoms with Crippen LogP contribution in [0.15, 0.2) is 65.4 Å². The van der Waals surface area contributed by atoms with E-state index in [1.165, 1.54) is 5.39 Å². The number of hydrogen-bond acceptors (Lipinski definition) is 1. The summed E-state index contributed by atoms with van der Waals surface area (Å²) in [6, 6.07) is 18.4. The van der Waals surface area contributed by atoms with E-state index in [4.69, 9.17) is 11.1 Å². The molecule has 0 aliphatic carbocycles. The SMILES string of the molecule is [C-]#[N+]c1cc(-c2cco[n+]2C)c(C)c(-[n+]2c(C)ccc3ccccc32)c1. The Hall–Kier alpha value is -3.45. The third-order valence-electron chi connectivity index (χ3n) is 4.83. The van der Waals surface area contributed by atoms with E-state index in [0.717, 1.165) is 33.7 Å². The zero-order chi connectivity index (χ0) is 18.3. The van der Waals surface area contributed by atoms with Crippen LogP contribution >= 0.6 is 0 Å². The quantitative estimate of drug-likeness (QED) is 0.393. The van der Waals surface area contributed by atoms with Crippen LogP contribution in [0.3, 0.4) is 0 Å². The van der Waals surface area contributed by atoms with E-state index in [9.17, 15) is 0 Å². The van der Waals surface area contributed by atoms with Crippen LogP contribution in [0.4, 0.5) is 5.69 Å². The van der Waals surface area contributed by atoms with Crippen molar-refractivity contribution in [1.82, 2.24) is 0 Å². The van der Waals surface area contributed by atoms with Gasteiger partial charge in [0.1, 0.15) is 0 Å². The third-order valence-corrected chi connectivity index (χ3v) is 4.83. The molecule has 0 bridgehead atoms. The van der Waals surface area contributed by atoms with Gasteiger partial charge in [0.2, 0.25) is 11.2 Å². The second kappa shape index (κ2) is 6.12. The lowest BCUT2D eigenvalue weighted by molar-refractivity contribution is -0.836. The van der Waals surface area contributed by atoms with Gasteiger partial charge in [-0.05, 0) is 29.9 Å². The molecule has 4 nitrogen and oxygen atoms in total. The average molecular weight is 341 g/mol. The van der Waals surface area contributed by atoms with Crippen molar-refractivity contribution in [3.63, 3.8) is 0 Å². The molecule has 0 spiro atoms. The first-order chi connectivity index (χ1) is 12.6. The van der Waals surface area contributed by atoms with Crippen LogP contribution in [0.1, 0.15) is 11.3 Å². The molecule has 0 saturated carbocycles. The molecule has 0 fully saturated rings. The highest BCUT2D eigenvalue weighted by Crippen LogP contribution is 2.30. The van der Waals surface area contributed by atoms with Crippen LogP contribution in [0.2, 0.25) is 0 Å². The van der Waals surface area contributed by atoms with Crippen LogP contribution < -0.4 is 9.31 Å². The van der Waals surface area contributed by atoms with Crippen molar-refractivity contribution < 1.29 is 13.8 Å². The minimum absolute atomic E-state index is 0.613. The minimum atomic E-state index is 0.613. The second-order valence-electron chi connectivity index (χ2n) is 6.41. The van der Waals surface area contributed by atoms with Gasteiger partial charge in [-0.15, -0.1) is 0 Å². The summed E-state index contributed by atoms with van der Waals surface area (Å²) in [6.07, 6.45) is 1.66. The van der Waals surface area contributed by atoms with Crippen molar-refractivity contribution in [3.8, 4) is 16.9 Å². The molecule has 0 amide bonds. The second-order valence-corrected chi connectivity index (χ2v) is 6.41. The van der Waals surface area contributed by atoms with Crippen LogP contribution in [0, 0.1) is 20.4 Å². The first-order valence-corrected chi connectivity index (χ1v) is 8.47. The van der Waals surface area contributed by atoms with Gasteiger partial charge < -0.3 is 0 Å². The number of hydrogen-bond donors (Lipinski definition) is 0. The number of rotatable bonds is 2. The Kier molecular flexibility index (Phi) is 3.78. The van der Waals surface area contributed by atoms with Crippen molar-refractivity contribution in [2.75, 3.05) is 0 Å². The van der Waals surface area contributed by atoms with E-state index in [1.54, 1.807) is 11.0 Å². The maximum absolute atomic E-state index is 7.55. The Morgan fingerprint density at radius 2 is 1.81 bits per heavy atom. The maximum Gasteiger partial charge on any atom is 0.260 e. The van der Waals surface area contributed by atoms with E-state index >= 15 is 0 Å². The summed E-state index contributed by atoms with van der Waals surface area (Å²) in [7, 11) is 1.87. The maximum atomic E-state index is 7.55. The molecule has 0 saturated heterocycles. The number of aryl methyl sites for hydroxylation is 2. The zero-order valence-corrected chi connectivity index (χ0v) is 15.0. The smallest absolute Gasteiger partial charge is 0.244 e. The van der Waals surface area contributed by atoms with Gasteiger partial charge in [-0.3, -0.25) is 0 Å². The predicted molar refractivity (Wildman–Crippen MR) is 100 cm³/mol. The fourth-order valence-electron chi connectivity index (χ4n) is 3.48. The first-order valence-electron chi connectivity index (χ1n) is 8.47. The summed E-state index contributed by atoms with van der Waals surface area (Å²) in [5.41, 5.74) is 6.94. The van der Waals surface area contributed by atoms with Crippen molar-refractivity contribution in [2.45, 2.75) is 13.8 Å². The van der Waals surface area contributed by atoms with Gasteiger partial charge in [0, 0.05) is 41.6 Å². The van der Waals surface area contributed by atoms with Crippen molar-refractivity contribution in [2.24, 2.45) is 7.05 Å².